The first kappa shape index (κ1) is 13.7. The summed E-state index contributed by atoms with van der Waals surface area (Å²) in [7, 11) is 0.763. The van der Waals surface area contributed by atoms with Crippen LogP contribution < -0.4 is 10.2 Å². The molecule has 0 bridgehead atoms. The maximum atomic E-state index is 11.3. The minimum atomic E-state index is -2.93. The predicted molar refractivity (Wildman–Crippen MR) is 69.2 cm³/mol. The number of aromatic nitrogens is 2. The van der Waals surface area contributed by atoms with Crippen LogP contribution in [0.5, 0.6) is 0 Å². The van der Waals surface area contributed by atoms with Crippen molar-refractivity contribution in [2.24, 2.45) is 0 Å². The lowest BCUT2D eigenvalue weighted by molar-refractivity contribution is 0.597. The Labute approximate surface area is 102 Å². The van der Waals surface area contributed by atoms with Gasteiger partial charge in [-0.1, -0.05) is 6.92 Å². The number of anilines is 2. The van der Waals surface area contributed by atoms with Crippen LogP contribution in [0.15, 0.2) is 12.3 Å². The van der Waals surface area contributed by atoms with Gasteiger partial charge in [0.2, 0.25) is 5.95 Å². The van der Waals surface area contributed by atoms with Crippen LogP contribution in [0.1, 0.15) is 6.92 Å². The molecule has 1 rings (SSSR count). The third kappa shape index (κ3) is 4.56. The molecule has 0 aromatic carbocycles. The van der Waals surface area contributed by atoms with Gasteiger partial charge in [0.15, 0.2) is 9.84 Å². The second kappa shape index (κ2) is 5.81. The molecular weight excluding hydrogens is 240 g/mol. The van der Waals surface area contributed by atoms with E-state index in [9.17, 15) is 8.42 Å². The largest absolute Gasteiger partial charge is 0.369 e. The molecule has 0 aliphatic carbocycles. The van der Waals surface area contributed by atoms with Crippen molar-refractivity contribution in [2.45, 2.75) is 6.92 Å². The average molecular weight is 258 g/mol. The fourth-order valence-corrected chi connectivity index (χ4v) is 1.84. The highest BCUT2D eigenvalue weighted by molar-refractivity contribution is 7.91. The van der Waals surface area contributed by atoms with Crippen molar-refractivity contribution in [1.29, 1.82) is 0 Å². The smallest absolute Gasteiger partial charge is 0.226 e. The highest BCUT2D eigenvalue weighted by Gasteiger charge is 2.07. The van der Waals surface area contributed by atoms with Crippen molar-refractivity contribution < 1.29 is 8.42 Å². The zero-order chi connectivity index (χ0) is 12.9. The van der Waals surface area contributed by atoms with E-state index in [-0.39, 0.29) is 11.5 Å². The number of hydrogen-bond donors (Lipinski definition) is 1. The molecular formula is C10H18N4O2S. The first-order chi connectivity index (χ1) is 7.94. The average Bonchev–Trinajstić information content (AvgIpc) is 2.29. The Morgan fingerprint density at radius 1 is 1.41 bits per heavy atom. The van der Waals surface area contributed by atoms with Gasteiger partial charge in [-0.25, -0.2) is 13.4 Å². The van der Waals surface area contributed by atoms with Gasteiger partial charge in [-0.3, -0.25) is 0 Å². The molecule has 0 unspecified atom stereocenters. The molecule has 0 amide bonds. The van der Waals surface area contributed by atoms with Crippen LogP contribution >= 0.6 is 0 Å². The van der Waals surface area contributed by atoms with Crippen LogP contribution in [0.2, 0.25) is 0 Å². The van der Waals surface area contributed by atoms with E-state index in [1.807, 2.05) is 14.1 Å². The summed E-state index contributed by atoms with van der Waals surface area (Å²) >= 11 is 0. The molecule has 1 aromatic rings. The summed E-state index contributed by atoms with van der Waals surface area (Å²) in [5, 5.41) is 2.97. The van der Waals surface area contributed by atoms with Crippen LogP contribution in [0.4, 0.5) is 11.8 Å². The highest BCUT2D eigenvalue weighted by atomic mass is 32.2. The van der Waals surface area contributed by atoms with Crippen molar-refractivity contribution >= 4 is 21.6 Å². The topological polar surface area (TPSA) is 75.2 Å². The van der Waals surface area contributed by atoms with Gasteiger partial charge >= 0.3 is 0 Å². The fourth-order valence-electron chi connectivity index (χ4n) is 1.14. The van der Waals surface area contributed by atoms with Gasteiger partial charge in [-0.2, -0.15) is 4.98 Å². The van der Waals surface area contributed by atoms with E-state index in [0.717, 1.165) is 0 Å². The summed E-state index contributed by atoms with van der Waals surface area (Å²) in [4.78, 5) is 10.1. The Bertz CT molecular complexity index is 459. The molecule has 17 heavy (non-hydrogen) atoms. The lowest BCUT2D eigenvalue weighted by Gasteiger charge is -2.11. The number of rotatable bonds is 6. The number of sulfone groups is 1. The molecule has 1 heterocycles. The van der Waals surface area contributed by atoms with Crippen molar-refractivity contribution in [3.05, 3.63) is 12.3 Å². The summed E-state index contributed by atoms with van der Waals surface area (Å²) < 4.78 is 22.6. The SMILES string of the molecule is CCS(=O)(=O)CCNc1ccnc(N(C)C)n1. The maximum absolute atomic E-state index is 11.3. The Kier molecular flexibility index (Phi) is 4.68. The van der Waals surface area contributed by atoms with Gasteiger partial charge in [0, 0.05) is 32.6 Å². The fraction of sp³-hybridized carbons (Fsp3) is 0.600. The van der Waals surface area contributed by atoms with Crippen molar-refractivity contribution in [2.75, 3.05) is 42.4 Å². The van der Waals surface area contributed by atoms with E-state index >= 15 is 0 Å². The summed E-state index contributed by atoms with van der Waals surface area (Å²) in [6, 6.07) is 1.71. The van der Waals surface area contributed by atoms with Crippen LogP contribution in [0, 0.1) is 0 Å². The van der Waals surface area contributed by atoms with Gasteiger partial charge in [0.05, 0.1) is 5.75 Å². The molecule has 0 radical (unpaired) electrons. The molecule has 0 aliphatic rings. The lowest BCUT2D eigenvalue weighted by atomic mass is 10.5. The third-order valence-corrected chi connectivity index (χ3v) is 3.91. The van der Waals surface area contributed by atoms with E-state index < -0.39 is 9.84 Å². The highest BCUT2D eigenvalue weighted by Crippen LogP contribution is 2.07. The summed E-state index contributed by atoms with van der Waals surface area (Å²) in [5.41, 5.74) is 0. The lowest BCUT2D eigenvalue weighted by Crippen LogP contribution is -2.18. The maximum Gasteiger partial charge on any atom is 0.226 e. The summed E-state index contributed by atoms with van der Waals surface area (Å²) in [5.74, 6) is 1.51. The van der Waals surface area contributed by atoms with Gasteiger partial charge in [-0.15, -0.1) is 0 Å². The molecule has 0 saturated heterocycles. The van der Waals surface area contributed by atoms with E-state index in [4.69, 9.17) is 0 Å². The zero-order valence-electron chi connectivity index (χ0n) is 10.3. The molecule has 1 aromatic heterocycles. The Morgan fingerprint density at radius 2 is 2.12 bits per heavy atom. The van der Waals surface area contributed by atoms with E-state index in [0.29, 0.717) is 18.3 Å². The van der Waals surface area contributed by atoms with E-state index in [1.54, 1.807) is 24.1 Å². The van der Waals surface area contributed by atoms with Gasteiger partial charge in [-0.05, 0) is 6.07 Å². The molecule has 0 fully saturated rings. The normalized spacial score (nSPS) is 11.2. The Hall–Kier alpha value is -1.37. The van der Waals surface area contributed by atoms with Crippen molar-refractivity contribution in [3.8, 4) is 0 Å². The molecule has 96 valence electrons. The first-order valence-corrected chi connectivity index (χ1v) is 7.21. The Balaban J connectivity index is 2.55. The van der Waals surface area contributed by atoms with Crippen LogP contribution in [-0.4, -0.2) is 50.5 Å². The van der Waals surface area contributed by atoms with Crippen LogP contribution in [0.3, 0.4) is 0 Å². The Morgan fingerprint density at radius 3 is 2.71 bits per heavy atom. The molecule has 1 N–H and O–H groups in total. The van der Waals surface area contributed by atoms with Crippen molar-refractivity contribution in [1.82, 2.24) is 9.97 Å². The van der Waals surface area contributed by atoms with Crippen LogP contribution in [-0.2, 0) is 9.84 Å². The van der Waals surface area contributed by atoms with Gasteiger partial charge in [0.25, 0.3) is 0 Å². The number of nitrogens with one attached hydrogen (secondary N) is 1. The zero-order valence-corrected chi connectivity index (χ0v) is 11.2. The monoisotopic (exact) mass is 258 g/mol. The molecule has 7 heteroatoms. The number of nitrogens with zero attached hydrogens (tertiary/aromatic N) is 3. The standard InChI is InChI=1S/C10H18N4O2S/c1-4-17(15,16)8-7-11-9-5-6-12-10(13-9)14(2)3/h5-6H,4,7-8H2,1-3H3,(H,11,12,13). The molecule has 6 nitrogen and oxygen atoms in total. The first-order valence-electron chi connectivity index (χ1n) is 5.39. The third-order valence-electron chi connectivity index (χ3n) is 2.20. The molecule has 0 saturated carbocycles. The van der Waals surface area contributed by atoms with Gasteiger partial charge in [0.1, 0.15) is 5.82 Å². The van der Waals surface area contributed by atoms with E-state index in [2.05, 4.69) is 15.3 Å². The molecule has 0 spiro atoms. The van der Waals surface area contributed by atoms with Gasteiger partial charge < -0.3 is 10.2 Å². The molecule has 0 aliphatic heterocycles. The summed E-state index contributed by atoms with van der Waals surface area (Å²) in [6.45, 7) is 2.00. The second-order valence-corrected chi connectivity index (χ2v) is 6.27. The van der Waals surface area contributed by atoms with E-state index in [1.165, 1.54) is 0 Å². The quantitative estimate of drug-likeness (QED) is 0.795. The molecule has 0 atom stereocenters. The van der Waals surface area contributed by atoms with Crippen molar-refractivity contribution in [3.63, 3.8) is 0 Å². The number of hydrogen-bond acceptors (Lipinski definition) is 6. The van der Waals surface area contributed by atoms with Crippen LogP contribution in [0.25, 0.3) is 0 Å². The second-order valence-electron chi connectivity index (χ2n) is 3.80. The minimum absolute atomic E-state index is 0.116. The summed E-state index contributed by atoms with van der Waals surface area (Å²) in [6.07, 6.45) is 1.64. The predicted octanol–water partition coefficient (Wildman–Crippen LogP) is 0.389. The minimum Gasteiger partial charge on any atom is -0.369 e.